The largest absolute Gasteiger partial charge is 0.162 e. The summed E-state index contributed by atoms with van der Waals surface area (Å²) in [6.45, 7) is 4.44. The quantitative estimate of drug-likeness (QED) is 0.439. The molecule has 0 aliphatic heterocycles. The maximum atomic E-state index is 5.69. The molecule has 0 saturated carbocycles. The molecule has 0 saturated heterocycles. The van der Waals surface area contributed by atoms with Crippen LogP contribution in [0.3, 0.4) is 0 Å². The van der Waals surface area contributed by atoms with Crippen LogP contribution in [0.15, 0.2) is 0 Å². The van der Waals surface area contributed by atoms with Crippen molar-refractivity contribution in [1.29, 1.82) is 0 Å². The Morgan fingerprint density at radius 2 is 2.09 bits per heavy atom. The van der Waals surface area contributed by atoms with Gasteiger partial charge in [0.1, 0.15) is 0 Å². The van der Waals surface area contributed by atoms with Gasteiger partial charge >= 0.3 is 0 Å². The summed E-state index contributed by atoms with van der Waals surface area (Å²) in [4.78, 5) is 0. The first-order valence-corrected chi connectivity index (χ1v) is 6.13. The van der Waals surface area contributed by atoms with Gasteiger partial charge in [-0.1, -0.05) is 20.3 Å². The van der Waals surface area contributed by atoms with Crippen molar-refractivity contribution in [3.8, 4) is 0 Å². The van der Waals surface area contributed by atoms with Gasteiger partial charge in [-0.25, -0.2) is 0 Å². The molecule has 0 spiro atoms. The minimum Gasteiger partial charge on any atom is -0.162 e. The van der Waals surface area contributed by atoms with Gasteiger partial charge in [-0.3, -0.25) is 0 Å². The molecule has 0 aromatic heterocycles. The van der Waals surface area contributed by atoms with Gasteiger partial charge in [0.25, 0.3) is 0 Å². The predicted octanol–water partition coefficient (Wildman–Crippen LogP) is 3.78. The van der Waals surface area contributed by atoms with Crippen molar-refractivity contribution in [2.45, 2.75) is 33.1 Å². The van der Waals surface area contributed by atoms with Crippen LogP contribution in [0.25, 0.3) is 0 Å². The second kappa shape index (κ2) is 8.73. The van der Waals surface area contributed by atoms with E-state index in [1.54, 1.807) is 0 Å². The van der Waals surface area contributed by atoms with E-state index in [2.05, 4.69) is 13.8 Å². The molecule has 11 heavy (non-hydrogen) atoms. The Bertz CT molecular complexity index is 76.0. The molecular weight excluding hydrogens is 176 g/mol. The molecule has 0 rings (SSSR count). The molecule has 0 radical (unpaired) electrons. The Balaban J connectivity index is 2.89. The first-order chi connectivity index (χ1) is 5.31. The lowest BCUT2D eigenvalue weighted by molar-refractivity contribution is 0.557. The van der Waals surface area contributed by atoms with Crippen molar-refractivity contribution in [2.24, 2.45) is 5.92 Å². The Morgan fingerprint density at radius 1 is 1.36 bits per heavy atom. The fourth-order valence-electron chi connectivity index (χ4n) is 0.918. The molecule has 0 aliphatic rings. The van der Waals surface area contributed by atoms with E-state index >= 15 is 0 Å². The number of unbranched alkanes of at least 4 members (excludes halogenated alkanes) is 1. The summed E-state index contributed by atoms with van der Waals surface area (Å²) < 4.78 is 0. The lowest BCUT2D eigenvalue weighted by atomic mass is 10.1. The van der Waals surface area contributed by atoms with Gasteiger partial charge < -0.3 is 0 Å². The average Bonchev–Trinajstić information content (AvgIpc) is 2.04. The second-order valence-corrected chi connectivity index (χ2v) is 4.65. The summed E-state index contributed by atoms with van der Waals surface area (Å²) in [5.74, 6) is 4.11. The highest BCUT2D eigenvalue weighted by molar-refractivity contribution is 7.99. The molecule has 68 valence electrons. The minimum absolute atomic E-state index is 0.711. The van der Waals surface area contributed by atoms with Crippen LogP contribution < -0.4 is 0 Å². The molecule has 0 nitrogen and oxygen atoms in total. The molecule has 0 amide bonds. The van der Waals surface area contributed by atoms with Gasteiger partial charge in [0, 0.05) is 5.88 Å². The highest BCUT2D eigenvalue weighted by atomic mass is 35.5. The summed E-state index contributed by atoms with van der Waals surface area (Å²) in [5, 5.41) is 0. The number of halogens is 1. The van der Waals surface area contributed by atoms with Crippen LogP contribution in [0.4, 0.5) is 0 Å². The summed E-state index contributed by atoms with van der Waals surface area (Å²) in [6.07, 6.45) is 4.01. The van der Waals surface area contributed by atoms with E-state index in [0.717, 1.165) is 5.88 Å². The van der Waals surface area contributed by atoms with E-state index in [9.17, 15) is 0 Å². The van der Waals surface area contributed by atoms with Crippen LogP contribution in [0.5, 0.6) is 0 Å². The highest BCUT2D eigenvalue weighted by Gasteiger charge is 1.98. The molecular formula is C9H19ClS. The number of rotatable bonds is 7. The summed E-state index contributed by atoms with van der Waals surface area (Å²) in [7, 11) is 0. The molecule has 2 heteroatoms. The van der Waals surface area contributed by atoms with Gasteiger partial charge in [-0.05, 0) is 30.3 Å². The normalized spacial score (nSPS) is 13.4. The Hall–Kier alpha value is 0.640. The van der Waals surface area contributed by atoms with Crippen molar-refractivity contribution in [3.05, 3.63) is 0 Å². The summed E-state index contributed by atoms with van der Waals surface area (Å²) >= 11 is 7.72. The van der Waals surface area contributed by atoms with Crippen LogP contribution in [0.2, 0.25) is 0 Å². The molecule has 0 fully saturated rings. The standard InChI is InChI=1S/C9H19ClS/c1-3-11-7-5-4-6-9(2)8-10/h9H,3-8H2,1-2H3. The molecule has 0 heterocycles. The lowest BCUT2D eigenvalue weighted by Gasteiger charge is -2.05. The molecule has 0 bridgehead atoms. The van der Waals surface area contributed by atoms with E-state index in [1.807, 2.05) is 11.8 Å². The van der Waals surface area contributed by atoms with Gasteiger partial charge in [0.05, 0.1) is 0 Å². The van der Waals surface area contributed by atoms with Gasteiger partial charge in [-0.15, -0.1) is 11.6 Å². The third-order valence-electron chi connectivity index (χ3n) is 1.70. The topological polar surface area (TPSA) is 0 Å². The molecule has 1 atom stereocenters. The minimum atomic E-state index is 0.711. The van der Waals surface area contributed by atoms with Crippen LogP contribution in [0, 0.1) is 5.92 Å². The van der Waals surface area contributed by atoms with Crippen LogP contribution in [-0.2, 0) is 0 Å². The predicted molar refractivity (Wildman–Crippen MR) is 56.7 cm³/mol. The zero-order chi connectivity index (χ0) is 8.53. The van der Waals surface area contributed by atoms with Crippen molar-refractivity contribution >= 4 is 23.4 Å². The van der Waals surface area contributed by atoms with Crippen molar-refractivity contribution in [1.82, 2.24) is 0 Å². The van der Waals surface area contributed by atoms with E-state index in [1.165, 1.54) is 30.8 Å². The number of thioether (sulfide) groups is 1. The monoisotopic (exact) mass is 194 g/mol. The van der Waals surface area contributed by atoms with E-state index in [4.69, 9.17) is 11.6 Å². The SMILES string of the molecule is CCSCCCCC(C)CCl. The zero-order valence-electron chi connectivity index (χ0n) is 7.61. The lowest BCUT2D eigenvalue weighted by Crippen LogP contribution is -1.95. The van der Waals surface area contributed by atoms with Crippen LogP contribution >= 0.6 is 23.4 Å². The smallest absolute Gasteiger partial charge is 0.0249 e. The number of alkyl halides is 1. The van der Waals surface area contributed by atoms with E-state index < -0.39 is 0 Å². The summed E-state index contributed by atoms with van der Waals surface area (Å²) in [5.41, 5.74) is 0. The maximum Gasteiger partial charge on any atom is 0.0249 e. The third-order valence-corrected chi connectivity index (χ3v) is 3.22. The van der Waals surface area contributed by atoms with Crippen LogP contribution in [-0.4, -0.2) is 17.4 Å². The molecule has 0 N–H and O–H groups in total. The number of hydrogen-bond acceptors (Lipinski definition) is 1. The maximum absolute atomic E-state index is 5.69. The van der Waals surface area contributed by atoms with E-state index in [-0.39, 0.29) is 0 Å². The molecule has 0 aromatic carbocycles. The highest BCUT2D eigenvalue weighted by Crippen LogP contribution is 2.11. The average molecular weight is 195 g/mol. The second-order valence-electron chi connectivity index (χ2n) is 2.95. The van der Waals surface area contributed by atoms with Crippen LogP contribution in [0.1, 0.15) is 33.1 Å². The first-order valence-electron chi connectivity index (χ1n) is 4.45. The summed E-state index contributed by atoms with van der Waals surface area (Å²) in [6, 6.07) is 0. The molecule has 0 aromatic rings. The third kappa shape index (κ3) is 8.55. The fourth-order valence-corrected chi connectivity index (χ4v) is 1.77. The molecule has 1 unspecified atom stereocenters. The Morgan fingerprint density at radius 3 is 2.64 bits per heavy atom. The molecule has 0 aliphatic carbocycles. The first kappa shape index (κ1) is 11.6. The van der Waals surface area contributed by atoms with E-state index in [0.29, 0.717) is 5.92 Å². The van der Waals surface area contributed by atoms with Gasteiger partial charge in [0.15, 0.2) is 0 Å². The van der Waals surface area contributed by atoms with Crippen molar-refractivity contribution in [2.75, 3.05) is 17.4 Å². The zero-order valence-corrected chi connectivity index (χ0v) is 9.18. The Kier molecular flexibility index (Phi) is 9.24. The van der Waals surface area contributed by atoms with Crippen molar-refractivity contribution < 1.29 is 0 Å². The van der Waals surface area contributed by atoms with Gasteiger partial charge in [-0.2, -0.15) is 11.8 Å². The fraction of sp³-hybridized carbons (Fsp3) is 1.00. The van der Waals surface area contributed by atoms with Crippen molar-refractivity contribution in [3.63, 3.8) is 0 Å². The number of hydrogen-bond donors (Lipinski definition) is 0. The van der Waals surface area contributed by atoms with Gasteiger partial charge in [0.2, 0.25) is 0 Å². The Labute approximate surface area is 80.1 Å².